The van der Waals surface area contributed by atoms with Crippen LogP contribution in [0.4, 0.5) is 0 Å². The van der Waals surface area contributed by atoms with E-state index in [9.17, 15) is 0 Å². The lowest BCUT2D eigenvalue weighted by Gasteiger charge is -2.28. The molecule has 46 heavy (non-hydrogen) atoms. The first kappa shape index (κ1) is 28.5. The number of hydrogen-bond acceptors (Lipinski definition) is 2. The molecule has 0 amide bonds. The summed E-state index contributed by atoms with van der Waals surface area (Å²) in [7, 11) is 0. The molecule has 0 saturated heterocycles. The van der Waals surface area contributed by atoms with Crippen LogP contribution >= 0.6 is 13.8 Å². The molecule has 0 bridgehead atoms. The molecule has 2 nitrogen and oxygen atoms in total. The Morgan fingerprint density at radius 1 is 0.326 bits per heavy atom. The van der Waals surface area contributed by atoms with Crippen molar-refractivity contribution < 1.29 is 8.83 Å². The molecule has 0 aliphatic rings. The molecule has 0 aliphatic heterocycles. The summed E-state index contributed by atoms with van der Waals surface area (Å²) in [5.74, 6) is 1.45. The molecule has 0 saturated carbocycles. The zero-order valence-electron chi connectivity index (χ0n) is 25.3. The van der Waals surface area contributed by atoms with Gasteiger partial charge in [0.05, 0.1) is 0 Å². The Kier molecular flexibility index (Phi) is 7.07. The Morgan fingerprint density at radius 2 is 0.587 bits per heavy atom. The van der Waals surface area contributed by atoms with Crippen LogP contribution in [0.15, 0.2) is 179 Å². The maximum absolute atomic E-state index is 7.00. The predicted molar refractivity (Wildman–Crippen MR) is 203 cm³/mol. The number of para-hydroxylation sites is 2. The zero-order chi connectivity index (χ0) is 31.1. The van der Waals surface area contributed by atoms with Gasteiger partial charge in [-0.25, -0.2) is 0 Å². The number of rotatable bonds is 7. The normalized spacial score (nSPS) is 12.1. The van der Waals surface area contributed by atoms with Gasteiger partial charge in [0.2, 0.25) is 0 Å². The lowest BCUT2D eigenvalue weighted by molar-refractivity contribution is 0.573. The molecule has 2 heterocycles. The highest BCUT2D eigenvalue weighted by molar-refractivity contribution is 7.94. The summed E-state index contributed by atoms with van der Waals surface area (Å²) in [5, 5.41) is 8.95. The molecule has 8 rings (SSSR count). The second kappa shape index (κ2) is 11.4. The van der Waals surface area contributed by atoms with E-state index in [0.29, 0.717) is 0 Å². The van der Waals surface area contributed by atoms with Gasteiger partial charge in [0.25, 0.3) is 0 Å². The first-order valence-electron chi connectivity index (χ1n) is 15.3. The molecule has 4 heteroatoms. The summed E-state index contributed by atoms with van der Waals surface area (Å²) < 4.78 is 14.0. The minimum atomic E-state index is -2.50. The van der Waals surface area contributed by atoms with Gasteiger partial charge in [-0.2, -0.15) is 0 Å². The smallest absolute Gasteiger partial charge is 0.179 e. The molecule has 8 aromatic rings. The monoisotopic (exact) mass is 630 g/mol. The molecule has 0 unspecified atom stereocenters. The van der Waals surface area contributed by atoms with Crippen molar-refractivity contribution in [2.75, 3.05) is 0 Å². The van der Waals surface area contributed by atoms with Crippen LogP contribution in [0.25, 0.3) is 33.5 Å². The Balaban J connectivity index is 1.55. The van der Waals surface area contributed by atoms with Gasteiger partial charge in [0, 0.05) is 21.4 Å². The summed E-state index contributed by atoms with van der Waals surface area (Å²) in [5.41, 5.74) is 1.62. The van der Waals surface area contributed by atoms with E-state index in [1.807, 2.05) is 24.3 Å². The number of fused-ring (bicyclic) bond motifs is 2. The van der Waals surface area contributed by atoms with E-state index < -0.39 is 13.8 Å². The van der Waals surface area contributed by atoms with Gasteiger partial charge in [-0.1, -0.05) is 170 Å². The van der Waals surface area contributed by atoms with Gasteiger partial charge in [0.1, 0.15) is 11.2 Å². The van der Waals surface area contributed by atoms with Gasteiger partial charge in [-0.3, -0.25) is 0 Å². The molecule has 0 spiro atoms. The number of benzene rings is 6. The van der Waals surface area contributed by atoms with Crippen LogP contribution < -0.4 is 31.8 Å². The van der Waals surface area contributed by atoms with E-state index in [1.54, 1.807) is 0 Å². The summed E-state index contributed by atoms with van der Waals surface area (Å²) >= 11 is 0. The van der Waals surface area contributed by atoms with Crippen LogP contribution in [0.1, 0.15) is 0 Å². The fourth-order valence-corrected chi connectivity index (χ4v) is 13.2. The molecule has 222 valence electrons. The highest BCUT2D eigenvalue weighted by Crippen LogP contribution is 2.52. The molecule has 0 atom stereocenters. The highest BCUT2D eigenvalue weighted by atomic mass is 31.2. The summed E-state index contributed by atoms with van der Waals surface area (Å²) in [4.78, 5) is 0. The average molecular weight is 631 g/mol. The van der Waals surface area contributed by atoms with Crippen LogP contribution in [0.5, 0.6) is 0 Å². The van der Waals surface area contributed by atoms with Crippen molar-refractivity contribution in [1.29, 1.82) is 0 Å². The first-order valence-corrected chi connectivity index (χ1v) is 19.3. The van der Waals surface area contributed by atoms with Gasteiger partial charge in [-0.05, 0) is 47.1 Å². The van der Waals surface area contributed by atoms with Crippen molar-refractivity contribution in [1.82, 2.24) is 0 Å². The maximum Gasteiger partial charge on any atom is 0.179 e. The van der Waals surface area contributed by atoms with E-state index >= 15 is 0 Å². The van der Waals surface area contributed by atoms with Crippen LogP contribution in [0.3, 0.4) is 0 Å². The molecular weight excluding hydrogens is 598 g/mol. The molecule has 0 aliphatic carbocycles. The second-order valence-corrected chi connectivity index (χ2v) is 17.7. The minimum absolute atomic E-state index is 0.725. The van der Waals surface area contributed by atoms with E-state index in [1.165, 1.54) is 21.2 Å². The molecule has 0 radical (unpaired) electrons. The third kappa shape index (κ3) is 4.41. The van der Waals surface area contributed by atoms with Crippen molar-refractivity contribution in [2.45, 2.75) is 0 Å². The standard InChI is InChI=1S/C42H32O2P2/c1-45(31-19-7-3-8-20-31,32-21-9-4-10-22-32)41-35-27-15-17-29-37(35)43-39(41)40-42(36-28-16-18-30-38(36)44-40)46(2,33-23-11-5-12-24-33)34-25-13-6-14-26-34/h3-30H,1-2H2. The van der Waals surface area contributed by atoms with Crippen molar-refractivity contribution in [3.63, 3.8) is 0 Å². The fourth-order valence-electron chi connectivity index (χ4n) is 6.67. The highest BCUT2D eigenvalue weighted by Gasteiger charge is 2.37. The third-order valence-corrected chi connectivity index (χ3v) is 16.0. The molecule has 6 aromatic carbocycles. The molecule has 2 aromatic heterocycles. The van der Waals surface area contributed by atoms with E-state index in [4.69, 9.17) is 21.4 Å². The second-order valence-electron chi connectivity index (χ2n) is 11.5. The summed E-state index contributed by atoms with van der Waals surface area (Å²) in [6.07, 6.45) is 10.3. The van der Waals surface area contributed by atoms with E-state index in [2.05, 4.69) is 146 Å². The quantitative estimate of drug-likeness (QED) is 0.166. The lowest BCUT2D eigenvalue weighted by atomic mass is 10.2. The SMILES string of the molecule is C=P(c1ccccc1)(c1ccccc1)c1c(-c2oc3ccccc3c2P(=C)(c2ccccc2)c2ccccc2)oc2ccccc12. The van der Waals surface area contributed by atoms with Gasteiger partial charge in [-0.15, -0.1) is 0 Å². The number of hydrogen-bond donors (Lipinski definition) is 0. The van der Waals surface area contributed by atoms with Crippen LogP contribution in [-0.2, 0) is 0 Å². The van der Waals surface area contributed by atoms with E-state index in [-0.39, 0.29) is 0 Å². The Morgan fingerprint density at radius 3 is 0.891 bits per heavy atom. The van der Waals surface area contributed by atoms with Gasteiger partial charge in [0.15, 0.2) is 11.5 Å². The van der Waals surface area contributed by atoms with Gasteiger partial charge >= 0.3 is 0 Å². The Labute approximate surface area is 269 Å². The van der Waals surface area contributed by atoms with Crippen molar-refractivity contribution in [3.8, 4) is 11.5 Å². The maximum atomic E-state index is 7.00. The summed E-state index contributed by atoms with van der Waals surface area (Å²) in [6, 6.07) is 59.3. The predicted octanol–water partition coefficient (Wildman–Crippen LogP) is 8.30. The average Bonchev–Trinajstić information content (AvgIpc) is 3.72. The molecular formula is C42H32O2P2. The van der Waals surface area contributed by atoms with Gasteiger partial charge < -0.3 is 8.83 Å². The van der Waals surface area contributed by atoms with E-state index in [0.717, 1.165) is 44.1 Å². The van der Waals surface area contributed by atoms with Crippen molar-refractivity contribution in [3.05, 3.63) is 170 Å². The first-order chi connectivity index (χ1) is 22.6. The lowest BCUT2D eigenvalue weighted by Crippen LogP contribution is -2.28. The summed E-state index contributed by atoms with van der Waals surface area (Å²) in [6.45, 7) is -5.00. The Bertz CT molecular complexity index is 2140. The van der Waals surface area contributed by atoms with Crippen LogP contribution in [0, 0.1) is 0 Å². The molecule has 0 fully saturated rings. The largest absolute Gasteiger partial charge is 0.452 e. The van der Waals surface area contributed by atoms with Crippen LogP contribution in [0.2, 0.25) is 0 Å². The van der Waals surface area contributed by atoms with Crippen molar-refractivity contribution in [2.24, 2.45) is 0 Å². The topological polar surface area (TPSA) is 26.3 Å². The Hall–Kier alpha value is -5.00. The van der Waals surface area contributed by atoms with Crippen molar-refractivity contribution >= 4 is 80.1 Å². The third-order valence-electron chi connectivity index (χ3n) is 8.90. The zero-order valence-corrected chi connectivity index (χ0v) is 27.1. The molecule has 0 N–H and O–H groups in total. The number of furan rings is 2. The fraction of sp³-hybridized carbons (Fsp3) is 0. The van der Waals surface area contributed by atoms with Crippen LogP contribution in [-0.4, -0.2) is 12.6 Å². The minimum Gasteiger partial charge on any atom is -0.452 e.